The number of aromatic nitrogens is 3. The molecule has 1 N–H and O–H groups in total. The van der Waals surface area contributed by atoms with Crippen LogP contribution in [0, 0.1) is 6.92 Å². The average molecular weight is 529 g/mol. The zero-order valence-corrected chi connectivity index (χ0v) is 21.5. The number of amides is 1. The molecule has 0 aliphatic carbocycles. The lowest BCUT2D eigenvalue weighted by Crippen LogP contribution is -2.16. The summed E-state index contributed by atoms with van der Waals surface area (Å²) in [6, 6.07) is 6.67. The number of hydrogen-bond acceptors (Lipinski definition) is 8. The number of ether oxygens (including phenoxy) is 2. The monoisotopic (exact) mass is 528 g/mol. The van der Waals surface area contributed by atoms with Crippen LogP contribution >= 0.6 is 46.3 Å². The number of aryl methyl sites for hydroxylation is 1. The van der Waals surface area contributed by atoms with E-state index in [1.54, 1.807) is 42.8 Å². The standard InChI is InChI=1S/C21H22Cl2N4O4S2/c1-5-30-20(29)14-8-11(2)33-19(14)24-17(28)10-32-21-26-25-18(27(21)4)12(3)31-16-9-13(22)6-7-15(16)23/h6-9,12H,5,10H2,1-4H3,(H,24,28). The lowest BCUT2D eigenvalue weighted by molar-refractivity contribution is -0.113. The molecule has 33 heavy (non-hydrogen) atoms. The smallest absolute Gasteiger partial charge is 0.341 e. The molecule has 3 rings (SSSR count). The fraction of sp³-hybridized carbons (Fsp3) is 0.333. The third-order valence-electron chi connectivity index (χ3n) is 4.37. The highest BCUT2D eigenvalue weighted by Gasteiger charge is 2.21. The second kappa shape index (κ2) is 11.2. The summed E-state index contributed by atoms with van der Waals surface area (Å²) in [6.07, 6.45) is -0.456. The van der Waals surface area contributed by atoms with Crippen LogP contribution in [0.5, 0.6) is 5.75 Å². The molecule has 0 aliphatic heterocycles. The van der Waals surface area contributed by atoms with Crippen LogP contribution in [0.1, 0.15) is 41.0 Å². The molecule has 1 amide bonds. The summed E-state index contributed by atoms with van der Waals surface area (Å²) in [6.45, 7) is 5.67. The molecule has 0 radical (unpaired) electrons. The molecule has 2 heterocycles. The van der Waals surface area contributed by atoms with Crippen molar-refractivity contribution in [1.29, 1.82) is 0 Å². The molecule has 0 spiro atoms. The third-order valence-corrected chi connectivity index (χ3v) is 6.90. The number of hydrogen-bond donors (Lipinski definition) is 1. The molecule has 3 aromatic rings. The summed E-state index contributed by atoms with van der Waals surface area (Å²) < 4.78 is 12.7. The van der Waals surface area contributed by atoms with E-state index >= 15 is 0 Å². The van der Waals surface area contributed by atoms with E-state index in [0.717, 1.165) is 4.88 Å². The van der Waals surface area contributed by atoms with Gasteiger partial charge >= 0.3 is 5.97 Å². The largest absolute Gasteiger partial charge is 0.481 e. The second-order valence-corrected chi connectivity index (χ2v) is 9.93. The highest BCUT2D eigenvalue weighted by Crippen LogP contribution is 2.32. The van der Waals surface area contributed by atoms with Crippen molar-refractivity contribution in [3.8, 4) is 5.75 Å². The Morgan fingerprint density at radius 1 is 1.27 bits per heavy atom. The fourth-order valence-corrected chi connectivity index (χ4v) is 4.84. The Kier molecular flexibility index (Phi) is 8.63. The van der Waals surface area contributed by atoms with Gasteiger partial charge in [-0.2, -0.15) is 0 Å². The molecule has 0 bridgehead atoms. The van der Waals surface area contributed by atoms with Crippen LogP contribution in [-0.4, -0.2) is 39.0 Å². The number of nitrogens with zero attached hydrogens (tertiary/aromatic N) is 3. The highest BCUT2D eigenvalue weighted by molar-refractivity contribution is 7.99. The molecule has 8 nitrogen and oxygen atoms in total. The van der Waals surface area contributed by atoms with Crippen LogP contribution in [0.4, 0.5) is 5.00 Å². The predicted molar refractivity (Wildman–Crippen MR) is 131 cm³/mol. The minimum absolute atomic E-state index is 0.0839. The Bertz CT molecular complexity index is 1170. The number of nitrogens with one attached hydrogen (secondary N) is 1. The summed E-state index contributed by atoms with van der Waals surface area (Å²) in [5.41, 5.74) is 0.351. The van der Waals surface area contributed by atoms with E-state index in [9.17, 15) is 9.59 Å². The number of benzene rings is 1. The molecule has 1 unspecified atom stereocenters. The lowest BCUT2D eigenvalue weighted by atomic mass is 10.3. The first kappa shape index (κ1) is 25.4. The van der Waals surface area contributed by atoms with Gasteiger partial charge in [-0.25, -0.2) is 4.79 Å². The van der Waals surface area contributed by atoms with E-state index in [4.69, 9.17) is 32.7 Å². The van der Waals surface area contributed by atoms with Crippen molar-refractivity contribution in [1.82, 2.24) is 14.8 Å². The minimum Gasteiger partial charge on any atom is -0.481 e. The Balaban J connectivity index is 1.62. The van der Waals surface area contributed by atoms with Gasteiger partial charge in [0.1, 0.15) is 10.8 Å². The molecular formula is C21H22Cl2N4O4S2. The normalized spacial score (nSPS) is 11.8. The maximum Gasteiger partial charge on any atom is 0.341 e. The quantitative estimate of drug-likeness (QED) is 0.287. The highest BCUT2D eigenvalue weighted by atomic mass is 35.5. The van der Waals surface area contributed by atoms with Crippen molar-refractivity contribution in [2.45, 2.75) is 32.0 Å². The summed E-state index contributed by atoms with van der Waals surface area (Å²) in [5.74, 6) is 0.355. The molecule has 1 aromatic carbocycles. The topological polar surface area (TPSA) is 95.3 Å². The summed E-state index contributed by atoms with van der Waals surface area (Å²) in [7, 11) is 1.79. The van der Waals surface area contributed by atoms with Crippen molar-refractivity contribution in [3.05, 3.63) is 50.6 Å². The third kappa shape index (κ3) is 6.41. The Hall–Kier alpha value is -2.27. The predicted octanol–water partition coefficient (Wildman–Crippen LogP) is 5.54. The number of thioether (sulfide) groups is 1. The number of rotatable bonds is 9. The van der Waals surface area contributed by atoms with Gasteiger partial charge in [0.05, 0.1) is 22.9 Å². The van der Waals surface area contributed by atoms with Gasteiger partial charge in [0, 0.05) is 23.0 Å². The van der Waals surface area contributed by atoms with E-state index in [0.29, 0.717) is 37.3 Å². The van der Waals surface area contributed by atoms with Gasteiger partial charge in [0.2, 0.25) is 5.91 Å². The van der Waals surface area contributed by atoms with Crippen LogP contribution < -0.4 is 10.1 Å². The fourth-order valence-electron chi connectivity index (χ4n) is 2.88. The Labute approximate surface area is 209 Å². The Morgan fingerprint density at radius 2 is 2.03 bits per heavy atom. The number of carbonyl (C=O) groups excluding carboxylic acids is 2. The SMILES string of the molecule is CCOC(=O)c1cc(C)sc1NC(=O)CSc1nnc(C(C)Oc2cc(Cl)ccc2Cl)n1C. The molecule has 0 fully saturated rings. The average Bonchev–Trinajstić information content (AvgIpc) is 3.31. The number of thiophene rings is 1. The number of anilines is 1. The first-order valence-electron chi connectivity index (χ1n) is 9.90. The van der Waals surface area contributed by atoms with Gasteiger partial charge in [0.25, 0.3) is 0 Å². The molecule has 0 saturated carbocycles. The molecule has 12 heteroatoms. The van der Waals surface area contributed by atoms with E-state index in [1.807, 2.05) is 13.8 Å². The van der Waals surface area contributed by atoms with E-state index in [1.165, 1.54) is 23.1 Å². The zero-order valence-electron chi connectivity index (χ0n) is 18.3. The van der Waals surface area contributed by atoms with Crippen molar-refractivity contribution < 1.29 is 19.1 Å². The molecule has 0 saturated heterocycles. The van der Waals surface area contributed by atoms with Crippen LogP contribution in [0.2, 0.25) is 10.0 Å². The maximum absolute atomic E-state index is 12.5. The van der Waals surface area contributed by atoms with Crippen molar-refractivity contribution in [2.24, 2.45) is 7.05 Å². The summed E-state index contributed by atoms with van der Waals surface area (Å²) in [4.78, 5) is 25.5. The van der Waals surface area contributed by atoms with Gasteiger partial charge in [-0.15, -0.1) is 21.5 Å². The van der Waals surface area contributed by atoms with Crippen LogP contribution in [-0.2, 0) is 16.6 Å². The molecule has 0 aliphatic rings. The lowest BCUT2D eigenvalue weighted by Gasteiger charge is -2.15. The van der Waals surface area contributed by atoms with Crippen molar-refractivity contribution in [2.75, 3.05) is 17.7 Å². The molecule has 176 valence electrons. The molecule has 1 atom stereocenters. The van der Waals surface area contributed by atoms with Gasteiger partial charge in [-0.3, -0.25) is 4.79 Å². The Morgan fingerprint density at radius 3 is 2.76 bits per heavy atom. The van der Waals surface area contributed by atoms with Crippen molar-refractivity contribution in [3.63, 3.8) is 0 Å². The van der Waals surface area contributed by atoms with Crippen LogP contribution in [0.15, 0.2) is 29.4 Å². The number of carbonyl (C=O) groups is 2. The molecule has 2 aromatic heterocycles. The van der Waals surface area contributed by atoms with Crippen molar-refractivity contribution >= 4 is 63.2 Å². The van der Waals surface area contributed by atoms with Crippen LogP contribution in [0.3, 0.4) is 0 Å². The van der Waals surface area contributed by atoms with E-state index < -0.39 is 12.1 Å². The van der Waals surface area contributed by atoms with Gasteiger partial charge < -0.3 is 19.4 Å². The second-order valence-electron chi connectivity index (χ2n) is 6.89. The van der Waals surface area contributed by atoms with Gasteiger partial charge in [-0.05, 0) is 39.0 Å². The minimum atomic E-state index is -0.462. The number of halogens is 2. The first-order valence-corrected chi connectivity index (χ1v) is 12.5. The van der Waals surface area contributed by atoms with Gasteiger partial charge in [0.15, 0.2) is 17.1 Å². The molecular weight excluding hydrogens is 507 g/mol. The van der Waals surface area contributed by atoms with Gasteiger partial charge in [-0.1, -0.05) is 35.0 Å². The zero-order chi connectivity index (χ0) is 24.1. The number of esters is 1. The van der Waals surface area contributed by atoms with E-state index in [-0.39, 0.29) is 18.3 Å². The maximum atomic E-state index is 12.5. The first-order chi connectivity index (χ1) is 15.7. The van der Waals surface area contributed by atoms with Crippen LogP contribution in [0.25, 0.3) is 0 Å². The summed E-state index contributed by atoms with van der Waals surface area (Å²) in [5, 5.41) is 13.1. The van der Waals surface area contributed by atoms with E-state index in [2.05, 4.69) is 15.5 Å². The summed E-state index contributed by atoms with van der Waals surface area (Å²) >= 11 is 14.7.